The summed E-state index contributed by atoms with van der Waals surface area (Å²) >= 11 is 0. The van der Waals surface area contributed by atoms with Gasteiger partial charge >= 0.3 is 11.9 Å². The standard InChI is InChI=1S/C9H11NO4/c1-5-7(9(13)14)3-6(8(11)12)4-10(5)2/h3-5H,1-2H3,(H,11,12)(H,13,14). The molecule has 1 aliphatic rings. The number of hydrogen-bond donors (Lipinski definition) is 2. The van der Waals surface area contributed by atoms with Crippen LogP contribution >= 0.6 is 0 Å². The molecule has 0 aromatic rings. The average molecular weight is 197 g/mol. The summed E-state index contributed by atoms with van der Waals surface area (Å²) in [6, 6.07) is -0.310. The smallest absolute Gasteiger partial charge is 0.337 e. The van der Waals surface area contributed by atoms with Crippen molar-refractivity contribution < 1.29 is 19.8 Å². The van der Waals surface area contributed by atoms with Crippen molar-refractivity contribution in [1.29, 1.82) is 0 Å². The number of carbonyl (C=O) groups is 2. The molecule has 2 N–H and O–H groups in total. The zero-order chi connectivity index (χ0) is 10.9. The molecule has 1 atom stereocenters. The summed E-state index contributed by atoms with van der Waals surface area (Å²) in [6.45, 7) is 1.70. The molecule has 0 saturated carbocycles. The van der Waals surface area contributed by atoms with E-state index in [1.54, 1.807) is 18.9 Å². The van der Waals surface area contributed by atoms with Crippen molar-refractivity contribution in [2.24, 2.45) is 0 Å². The molecule has 0 aliphatic carbocycles. The third kappa shape index (κ3) is 1.76. The lowest BCUT2D eigenvalue weighted by atomic mass is 10.0. The molecule has 5 nitrogen and oxygen atoms in total. The Labute approximate surface area is 80.9 Å². The molecule has 0 spiro atoms. The Hall–Kier alpha value is -1.78. The van der Waals surface area contributed by atoms with E-state index in [1.165, 1.54) is 12.3 Å². The lowest BCUT2D eigenvalue weighted by Crippen LogP contribution is -2.33. The van der Waals surface area contributed by atoms with Crippen molar-refractivity contribution >= 4 is 11.9 Å². The fourth-order valence-electron chi connectivity index (χ4n) is 1.23. The van der Waals surface area contributed by atoms with E-state index in [0.717, 1.165) is 0 Å². The minimum absolute atomic E-state index is 0.0111. The van der Waals surface area contributed by atoms with E-state index in [9.17, 15) is 9.59 Å². The first-order valence-electron chi connectivity index (χ1n) is 4.05. The normalized spacial score (nSPS) is 21.3. The predicted molar refractivity (Wildman–Crippen MR) is 48.7 cm³/mol. The van der Waals surface area contributed by atoms with Crippen molar-refractivity contribution in [2.45, 2.75) is 13.0 Å². The largest absolute Gasteiger partial charge is 0.478 e. The van der Waals surface area contributed by atoms with Crippen LogP contribution in [0.4, 0.5) is 0 Å². The molecule has 1 aliphatic heterocycles. The highest BCUT2D eigenvalue weighted by molar-refractivity contribution is 5.96. The Bertz CT molecular complexity index is 343. The van der Waals surface area contributed by atoms with Crippen LogP contribution in [0.15, 0.2) is 23.4 Å². The third-order valence-electron chi connectivity index (χ3n) is 2.21. The quantitative estimate of drug-likeness (QED) is 0.665. The number of likely N-dealkylation sites (N-methyl/N-ethyl adjacent to an activating group) is 1. The summed E-state index contributed by atoms with van der Waals surface area (Å²) in [5.74, 6) is -2.21. The lowest BCUT2D eigenvalue weighted by Gasteiger charge is -2.27. The Morgan fingerprint density at radius 3 is 2.36 bits per heavy atom. The molecule has 14 heavy (non-hydrogen) atoms. The fraction of sp³-hybridized carbons (Fsp3) is 0.333. The molecular weight excluding hydrogens is 186 g/mol. The summed E-state index contributed by atoms with van der Waals surface area (Å²) in [6.07, 6.45) is 2.61. The number of carboxylic acid groups (broad SMARTS) is 2. The Balaban J connectivity index is 3.10. The summed E-state index contributed by atoms with van der Waals surface area (Å²) < 4.78 is 0. The van der Waals surface area contributed by atoms with Gasteiger partial charge in [0.1, 0.15) is 0 Å². The monoisotopic (exact) mass is 197 g/mol. The third-order valence-corrected chi connectivity index (χ3v) is 2.21. The molecular formula is C9H11NO4. The molecule has 0 amide bonds. The maximum atomic E-state index is 10.8. The number of aliphatic carboxylic acids is 2. The van der Waals surface area contributed by atoms with Gasteiger partial charge in [-0.25, -0.2) is 9.59 Å². The molecule has 0 fully saturated rings. The predicted octanol–water partition coefficient (Wildman–Crippen LogP) is 0.300. The average Bonchev–Trinajstić information content (AvgIpc) is 2.08. The van der Waals surface area contributed by atoms with E-state index >= 15 is 0 Å². The van der Waals surface area contributed by atoms with Gasteiger partial charge < -0.3 is 15.1 Å². The van der Waals surface area contributed by atoms with Crippen LogP contribution in [0.25, 0.3) is 0 Å². The van der Waals surface area contributed by atoms with Crippen LogP contribution in [-0.2, 0) is 9.59 Å². The highest BCUT2D eigenvalue weighted by atomic mass is 16.4. The van der Waals surface area contributed by atoms with E-state index < -0.39 is 11.9 Å². The minimum Gasteiger partial charge on any atom is -0.478 e. The van der Waals surface area contributed by atoms with Crippen LogP contribution in [-0.4, -0.2) is 40.1 Å². The van der Waals surface area contributed by atoms with E-state index in [2.05, 4.69) is 0 Å². The summed E-state index contributed by atoms with van der Waals surface area (Å²) in [4.78, 5) is 23.0. The van der Waals surface area contributed by atoms with Gasteiger partial charge in [0.15, 0.2) is 0 Å². The lowest BCUT2D eigenvalue weighted by molar-refractivity contribution is -0.133. The van der Waals surface area contributed by atoms with Gasteiger partial charge in [-0.1, -0.05) is 0 Å². The van der Waals surface area contributed by atoms with Crippen molar-refractivity contribution in [3.8, 4) is 0 Å². The van der Waals surface area contributed by atoms with Crippen molar-refractivity contribution in [3.05, 3.63) is 23.4 Å². The van der Waals surface area contributed by atoms with Crippen LogP contribution in [0.1, 0.15) is 6.92 Å². The zero-order valence-corrected chi connectivity index (χ0v) is 7.89. The van der Waals surface area contributed by atoms with Gasteiger partial charge in [-0.2, -0.15) is 0 Å². The second kappa shape index (κ2) is 3.53. The van der Waals surface area contributed by atoms with Crippen LogP contribution in [0.2, 0.25) is 0 Å². The topological polar surface area (TPSA) is 77.8 Å². The molecule has 0 bridgehead atoms. The molecule has 0 aromatic heterocycles. The van der Waals surface area contributed by atoms with Crippen molar-refractivity contribution in [1.82, 2.24) is 4.90 Å². The number of nitrogens with zero attached hydrogens (tertiary/aromatic N) is 1. The maximum Gasteiger partial charge on any atom is 0.337 e. The second-order valence-corrected chi connectivity index (χ2v) is 3.14. The summed E-state index contributed by atoms with van der Waals surface area (Å²) in [7, 11) is 1.64. The van der Waals surface area contributed by atoms with E-state index in [1.807, 2.05) is 0 Å². The van der Waals surface area contributed by atoms with Gasteiger partial charge in [0, 0.05) is 13.2 Å². The maximum absolute atomic E-state index is 10.8. The number of carboxylic acids is 2. The molecule has 76 valence electrons. The highest BCUT2D eigenvalue weighted by Gasteiger charge is 2.24. The van der Waals surface area contributed by atoms with Gasteiger partial charge in [-0.15, -0.1) is 0 Å². The van der Waals surface area contributed by atoms with Crippen LogP contribution < -0.4 is 0 Å². The molecule has 0 saturated heterocycles. The SMILES string of the molecule is CC1C(C(=O)O)=CC(C(=O)O)=CN1C. The first-order valence-corrected chi connectivity index (χ1v) is 4.05. The summed E-state index contributed by atoms with van der Waals surface area (Å²) in [5, 5.41) is 17.5. The van der Waals surface area contributed by atoms with E-state index in [4.69, 9.17) is 10.2 Å². The van der Waals surface area contributed by atoms with Gasteiger partial charge in [-0.05, 0) is 13.0 Å². The van der Waals surface area contributed by atoms with Gasteiger partial charge in [-0.3, -0.25) is 0 Å². The molecule has 0 aromatic carbocycles. The van der Waals surface area contributed by atoms with Gasteiger partial charge in [0.2, 0.25) is 0 Å². The van der Waals surface area contributed by atoms with Crippen LogP contribution in [0.3, 0.4) is 0 Å². The van der Waals surface area contributed by atoms with Gasteiger partial charge in [0.25, 0.3) is 0 Å². The minimum atomic E-state index is -1.12. The van der Waals surface area contributed by atoms with Crippen LogP contribution in [0.5, 0.6) is 0 Å². The Morgan fingerprint density at radius 1 is 1.36 bits per heavy atom. The van der Waals surface area contributed by atoms with E-state index in [-0.39, 0.29) is 17.2 Å². The fourth-order valence-corrected chi connectivity index (χ4v) is 1.23. The first-order chi connectivity index (χ1) is 6.43. The van der Waals surface area contributed by atoms with Gasteiger partial charge in [0.05, 0.1) is 17.2 Å². The number of rotatable bonds is 2. The first kappa shape index (κ1) is 10.3. The molecule has 1 heterocycles. The molecule has 5 heteroatoms. The molecule has 1 rings (SSSR count). The molecule has 0 radical (unpaired) electrons. The van der Waals surface area contributed by atoms with Crippen molar-refractivity contribution in [3.63, 3.8) is 0 Å². The Kier molecular flexibility index (Phi) is 2.60. The van der Waals surface area contributed by atoms with E-state index in [0.29, 0.717) is 0 Å². The second-order valence-electron chi connectivity index (χ2n) is 3.14. The highest BCUT2D eigenvalue weighted by Crippen LogP contribution is 2.19. The van der Waals surface area contributed by atoms with Crippen molar-refractivity contribution in [2.75, 3.05) is 7.05 Å². The molecule has 1 unspecified atom stereocenters. The number of hydrogen-bond acceptors (Lipinski definition) is 3. The summed E-state index contributed by atoms with van der Waals surface area (Å²) in [5.41, 5.74) is 0.0791. The van der Waals surface area contributed by atoms with Crippen LogP contribution in [0, 0.1) is 0 Å². The zero-order valence-electron chi connectivity index (χ0n) is 7.89. The Morgan fingerprint density at radius 2 is 1.93 bits per heavy atom.